The van der Waals surface area contributed by atoms with E-state index in [4.69, 9.17) is 0 Å². The Labute approximate surface area is 160 Å². The normalized spacial score (nSPS) is 10.7. The Morgan fingerprint density at radius 1 is 1.00 bits per heavy atom. The van der Waals surface area contributed by atoms with Gasteiger partial charge in [-0.15, -0.1) is 21.5 Å². The van der Waals surface area contributed by atoms with Gasteiger partial charge in [0.2, 0.25) is 0 Å². The van der Waals surface area contributed by atoms with E-state index in [0.29, 0.717) is 18.5 Å². The molecule has 134 valence electrons. The Balaban J connectivity index is 1.31. The molecule has 0 fully saturated rings. The fourth-order valence-electron chi connectivity index (χ4n) is 2.67. The first kappa shape index (κ1) is 17.1. The zero-order chi connectivity index (χ0) is 18.5. The van der Waals surface area contributed by atoms with Crippen molar-refractivity contribution in [3.63, 3.8) is 0 Å². The van der Waals surface area contributed by atoms with Crippen LogP contribution >= 0.6 is 11.3 Å². The third-order valence-electron chi connectivity index (χ3n) is 4.09. The van der Waals surface area contributed by atoms with Crippen molar-refractivity contribution in [1.29, 1.82) is 0 Å². The van der Waals surface area contributed by atoms with Crippen molar-refractivity contribution < 1.29 is 4.79 Å². The van der Waals surface area contributed by atoms with Crippen molar-refractivity contribution in [2.24, 2.45) is 0 Å². The Kier molecular flexibility index (Phi) is 5.02. The lowest BCUT2D eigenvalue weighted by molar-refractivity contribution is 0.0954. The van der Waals surface area contributed by atoms with E-state index in [-0.39, 0.29) is 5.91 Å². The molecule has 0 saturated heterocycles. The fraction of sp³-hybridized carbons (Fsp3) is 0.100. The van der Waals surface area contributed by atoms with E-state index >= 15 is 0 Å². The van der Waals surface area contributed by atoms with Gasteiger partial charge in [-0.2, -0.15) is 0 Å². The van der Waals surface area contributed by atoms with Crippen LogP contribution in [0.3, 0.4) is 0 Å². The summed E-state index contributed by atoms with van der Waals surface area (Å²) in [6.45, 7) is 0.549. The topological polar surface area (TPSA) is 72.7 Å². The average molecular weight is 375 g/mol. The second-order valence-electron chi connectivity index (χ2n) is 5.91. The maximum Gasteiger partial charge on any atom is 0.251 e. The summed E-state index contributed by atoms with van der Waals surface area (Å²) in [6.07, 6.45) is 3.95. The molecule has 0 bridgehead atoms. The predicted molar refractivity (Wildman–Crippen MR) is 105 cm³/mol. The molecule has 27 heavy (non-hydrogen) atoms. The molecule has 2 heterocycles. The van der Waals surface area contributed by atoms with E-state index in [9.17, 15) is 4.79 Å². The molecule has 2 aromatic heterocycles. The molecule has 0 aliphatic rings. The van der Waals surface area contributed by atoms with Crippen molar-refractivity contribution in [3.05, 3.63) is 83.2 Å². The van der Waals surface area contributed by atoms with Crippen LogP contribution in [0.25, 0.3) is 16.9 Å². The van der Waals surface area contributed by atoms with Crippen LogP contribution in [-0.2, 0) is 6.42 Å². The summed E-state index contributed by atoms with van der Waals surface area (Å²) in [5.41, 5.74) is 3.62. The number of rotatable bonds is 6. The van der Waals surface area contributed by atoms with Gasteiger partial charge in [-0.3, -0.25) is 9.36 Å². The Bertz CT molecular complexity index is 1010. The molecule has 4 aromatic rings. The van der Waals surface area contributed by atoms with Crippen LogP contribution in [0, 0.1) is 0 Å². The highest BCUT2D eigenvalue weighted by Gasteiger charge is 2.08. The molecule has 2 aromatic carbocycles. The number of aromatic nitrogens is 4. The van der Waals surface area contributed by atoms with Gasteiger partial charge in [-0.05, 0) is 24.3 Å². The van der Waals surface area contributed by atoms with E-state index in [1.807, 2.05) is 42.5 Å². The molecule has 1 N–H and O–H groups in total. The first-order chi connectivity index (χ1) is 13.3. The Hall–Kier alpha value is -3.32. The van der Waals surface area contributed by atoms with Crippen molar-refractivity contribution >= 4 is 17.2 Å². The summed E-state index contributed by atoms with van der Waals surface area (Å²) < 4.78 is 1.79. The van der Waals surface area contributed by atoms with Crippen molar-refractivity contribution in [3.8, 4) is 16.9 Å². The van der Waals surface area contributed by atoms with Crippen LogP contribution in [0.5, 0.6) is 0 Å². The van der Waals surface area contributed by atoms with E-state index in [2.05, 4.69) is 25.9 Å². The van der Waals surface area contributed by atoms with Gasteiger partial charge in [-0.25, -0.2) is 4.98 Å². The first-order valence-corrected chi connectivity index (χ1v) is 9.41. The summed E-state index contributed by atoms with van der Waals surface area (Å²) in [6, 6.07) is 17.4. The number of thiazole rings is 1. The zero-order valence-corrected chi connectivity index (χ0v) is 15.3. The summed E-state index contributed by atoms with van der Waals surface area (Å²) in [4.78, 5) is 16.9. The number of carbonyl (C=O) groups excluding carboxylic acids is 1. The number of nitrogens with one attached hydrogen (secondary N) is 1. The maximum atomic E-state index is 12.3. The van der Waals surface area contributed by atoms with Crippen molar-refractivity contribution in [2.45, 2.75) is 6.42 Å². The second-order valence-corrected chi connectivity index (χ2v) is 6.86. The van der Waals surface area contributed by atoms with Crippen LogP contribution in [0.1, 0.15) is 15.4 Å². The molecule has 4 rings (SSSR count). The van der Waals surface area contributed by atoms with Gasteiger partial charge in [0.1, 0.15) is 12.7 Å². The first-order valence-electron chi connectivity index (χ1n) is 8.53. The highest BCUT2D eigenvalue weighted by atomic mass is 32.1. The van der Waals surface area contributed by atoms with Gasteiger partial charge in [-0.1, -0.05) is 30.3 Å². The fourth-order valence-corrected chi connectivity index (χ4v) is 3.48. The maximum absolute atomic E-state index is 12.3. The second kappa shape index (κ2) is 7.92. The highest BCUT2D eigenvalue weighted by molar-refractivity contribution is 7.09. The third kappa shape index (κ3) is 4.09. The lowest BCUT2D eigenvalue weighted by Gasteiger charge is -2.06. The summed E-state index contributed by atoms with van der Waals surface area (Å²) in [5.74, 6) is -0.0925. The number of hydrogen-bond donors (Lipinski definition) is 1. The minimum Gasteiger partial charge on any atom is -0.352 e. The largest absolute Gasteiger partial charge is 0.352 e. The molecule has 0 aliphatic heterocycles. The molecule has 1 amide bonds. The summed E-state index contributed by atoms with van der Waals surface area (Å²) >= 11 is 1.62. The van der Waals surface area contributed by atoms with Crippen LogP contribution in [-0.4, -0.2) is 32.2 Å². The number of hydrogen-bond acceptors (Lipinski definition) is 5. The lowest BCUT2D eigenvalue weighted by Crippen LogP contribution is -2.25. The van der Waals surface area contributed by atoms with E-state index in [1.54, 1.807) is 40.7 Å². The third-order valence-corrected chi connectivity index (χ3v) is 5.00. The number of nitrogens with zero attached hydrogens (tertiary/aromatic N) is 4. The molecule has 0 unspecified atom stereocenters. The van der Waals surface area contributed by atoms with Crippen molar-refractivity contribution in [1.82, 2.24) is 25.1 Å². The molecule has 0 aliphatic carbocycles. The predicted octanol–water partition coefficient (Wildman–Crippen LogP) is 3.36. The number of carbonyl (C=O) groups is 1. The van der Waals surface area contributed by atoms with E-state index < -0.39 is 0 Å². The van der Waals surface area contributed by atoms with Crippen LogP contribution in [0.4, 0.5) is 0 Å². The lowest BCUT2D eigenvalue weighted by atomic mass is 10.2. The Morgan fingerprint density at radius 3 is 2.48 bits per heavy atom. The molecule has 0 radical (unpaired) electrons. The molecule has 6 nitrogen and oxygen atoms in total. The van der Waals surface area contributed by atoms with E-state index in [0.717, 1.165) is 22.0 Å². The molecule has 0 atom stereocenters. The van der Waals surface area contributed by atoms with Gasteiger partial charge in [0.25, 0.3) is 5.91 Å². The smallest absolute Gasteiger partial charge is 0.251 e. The summed E-state index contributed by atoms with van der Waals surface area (Å²) in [5, 5.41) is 13.6. The SMILES string of the molecule is O=C(NCCc1nc(-c2ccccc2)cs1)c1ccc(-n2cnnc2)cc1. The quantitative estimate of drug-likeness (QED) is 0.561. The monoisotopic (exact) mass is 375 g/mol. The van der Waals surface area contributed by atoms with Crippen LogP contribution in [0.15, 0.2) is 72.6 Å². The average Bonchev–Trinajstić information content (AvgIpc) is 3.41. The molecular weight excluding hydrogens is 358 g/mol. The van der Waals surface area contributed by atoms with Gasteiger partial charge in [0.15, 0.2) is 0 Å². The summed E-state index contributed by atoms with van der Waals surface area (Å²) in [7, 11) is 0. The van der Waals surface area contributed by atoms with Gasteiger partial charge in [0.05, 0.1) is 10.7 Å². The minimum absolute atomic E-state index is 0.0925. The molecule has 7 heteroatoms. The number of amides is 1. The Morgan fingerprint density at radius 2 is 1.74 bits per heavy atom. The van der Waals surface area contributed by atoms with Crippen LogP contribution in [0.2, 0.25) is 0 Å². The van der Waals surface area contributed by atoms with Crippen molar-refractivity contribution in [2.75, 3.05) is 6.54 Å². The highest BCUT2D eigenvalue weighted by Crippen LogP contribution is 2.21. The van der Waals surface area contributed by atoms with Gasteiger partial charge >= 0.3 is 0 Å². The minimum atomic E-state index is -0.0925. The number of benzene rings is 2. The zero-order valence-electron chi connectivity index (χ0n) is 14.4. The standard InChI is InChI=1S/C20H17N5OS/c26-20(16-6-8-17(9-7-16)25-13-22-23-14-25)21-11-10-19-24-18(12-27-19)15-4-2-1-3-5-15/h1-9,12-14H,10-11H2,(H,21,26). The molecule has 0 spiro atoms. The molecular formula is C20H17N5OS. The van der Waals surface area contributed by atoms with Gasteiger partial charge < -0.3 is 5.32 Å². The molecule has 0 saturated carbocycles. The van der Waals surface area contributed by atoms with Gasteiger partial charge in [0, 0.05) is 35.2 Å². The van der Waals surface area contributed by atoms with Crippen LogP contribution < -0.4 is 5.32 Å². The van der Waals surface area contributed by atoms with E-state index in [1.165, 1.54) is 0 Å².